The number of likely N-dealkylation sites (N-methyl/N-ethyl adjacent to an activating group) is 1. The molecule has 4 heteroatoms. The summed E-state index contributed by atoms with van der Waals surface area (Å²) >= 11 is 3.28. The Morgan fingerprint density at radius 1 is 1.37 bits per heavy atom. The molecule has 1 aromatic rings. The van der Waals surface area contributed by atoms with E-state index in [1.54, 1.807) is 0 Å². The molecule has 0 aliphatic carbocycles. The van der Waals surface area contributed by atoms with Gasteiger partial charge in [-0.05, 0) is 44.5 Å². The van der Waals surface area contributed by atoms with Crippen molar-refractivity contribution >= 4 is 15.9 Å². The maximum absolute atomic E-state index is 13.9. The maximum atomic E-state index is 13.9. The molecule has 0 spiro atoms. The summed E-state index contributed by atoms with van der Waals surface area (Å²) in [5.74, 6) is -0.165. The standard InChI is InChI=1S/C15H23BrFNO/c1-4-6-15(19-5-2)14(18-3)9-11-7-8-12(16)10-13(11)17/h7-8,10,14-15,18H,4-6,9H2,1-3H3. The molecule has 0 fully saturated rings. The van der Waals surface area contributed by atoms with Crippen LogP contribution < -0.4 is 5.32 Å². The van der Waals surface area contributed by atoms with Gasteiger partial charge >= 0.3 is 0 Å². The number of rotatable bonds is 8. The highest BCUT2D eigenvalue weighted by molar-refractivity contribution is 9.10. The van der Waals surface area contributed by atoms with Crippen LogP contribution in [0.5, 0.6) is 0 Å². The smallest absolute Gasteiger partial charge is 0.127 e. The van der Waals surface area contributed by atoms with Gasteiger partial charge in [0, 0.05) is 17.1 Å². The number of ether oxygens (including phenoxy) is 1. The Kier molecular flexibility index (Phi) is 7.57. The number of hydrogen-bond acceptors (Lipinski definition) is 2. The lowest BCUT2D eigenvalue weighted by Gasteiger charge is -2.27. The van der Waals surface area contributed by atoms with Crippen molar-refractivity contribution in [2.24, 2.45) is 0 Å². The fourth-order valence-electron chi connectivity index (χ4n) is 2.24. The van der Waals surface area contributed by atoms with E-state index in [0.717, 1.165) is 22.9 Å². The van der Waals surface area contributed by atoms with Gasteiger partial charge in [-0.2, -0.15) is 0 Å². The van der Waals surface area contributed by atoms with Gasteiger partial charge in [0.25, 0.3) is 0 Å². The minimum Gasteiger partial charge on any atom is -0.377 e. The molecule has 108 valence electrons. The first-order chi connectivity index (χ1) is 9.12. The first-order valence-corrected chi connectivity index (χ1v) is 7.64. The Bertz CT molecular complexity index is 380. The van der Waals surface area contributed by atoms with Gasteiger partial charge in [-0.25, -0.2) is 4.39 Å². The van der Waals surface area contributed by atoms with E-state index in [4.69, 9.17) is 4.74 Å². The minimum absolute atomic E-state index is 0.128. The van der Waals surface area contributed by atoms with Crippen molar-refractivity contribution in [2.75, 3.05) is 13.7 Å². The van der Waals surface area contributed by atoms with Crippen molar-refractivity contribution in [1.82, 2.24) is 5.32 Å². The monoisotopic (exact) mass is 331 g/mol. The topological polar surface area (TPSA) is 21.3 Å². The molecule has 0 aromatic heterocycles. The predicted octanol–water partition coefficient (Wildman–Crippen LogP) is 3.92. The molecule has 1 N–H and O–H groups in total. The molecule has 0 heterocycles. The Balaban J connectivity index is 2.78. The molecule has 1 aromatic carbocycles. The molecule has 0 saturated heterocycles. The molecule has 0 aliphatic rings. The summed E-state index contributed by atoms with van der Waals surface area (Å²) in [4.78, 5) is 0. The Labute approximate surface area is 123 Å². The average Bonchev–Trinajstić information content (AvgIpc) is 2.38. The predicted molar refractivity (Wildman–Crippen MR) is 81.0 cm³/mol. The highest BCUT2D eigenvalue weighted by Gasteiger charge is 2.21. The molecule has 2 nitrogen and oxygen atoms in total. The maximum Gasteiger partial charge on any atom is 0.127 e. The summed E-state index contributed by atoms with van der Waals surface area (Å²) in [5.41, 5.74) is 0.725. The van der Waals surface area contributed by atoms with E-state index in [1.165, 1.54) is 6.07 Å². The summed E-state index contributed by atoms with van der Waals surface area (Å²) in [6.07, 6.45) is 2.81. The SMILES string of the molecule is CCCC(OCC)C(Cc1ccc(Br)cc1F)NC. The highest BCUT2D eigenvalue weighted by Crippen LogP contribution is 2.19. The van der Waals surface area contributed by atoms with E-state index in [2.05, 4.69) is 28.2 Å². The molecule has 2 atom stereocenters. The third kappa shape index (κ3) is 5.21. The lowest BCUT2D eigenvalue weighted by molar-refractivity contribution is 0.0299. The van der Waals surface area contributed by atoms with E-state index in [-0.39, 0.29) is 18.0 Å². The van der Waals surface area contributed by atoms with Crippen molar-refractivity contribution in [3.05, 3.63) is 34.1 Å². The Morgan fingerprint density at radius 2 is 2.11 bits per heavy atom. The molecular weight excluding hydrogens is 309 g/mol. The zero-order valence-electron chi connectivity index (χ0n) is 11.9. The molecule has 0 saturated carbocycles. The van der Waals surface area contributed by atoms with E-state index < -0.39 is 0 Å². The van der Waals surface area contributed by atoms with E-state index in [1.807, 2.05) is 26.1 Å². The lowest BCUT2D eigenvalue weighted by Crippen LogP contribution is -2.41. The van der Waals surface area contributed by atoms with Crippen molar-refractivity contribution < 1.29 is 9.13 Å². The van der Waals surface area contributed by atoms with Crippen LogP contribution in [0, 0.1) is 5.82 Å². The van der Waals surface area contributed by atoms with Crippen LogP contribution in [0.1, 0.15) is 32.3 Å². The Morgan fingerprint density at radius 3 is 2.63 bits per heavy atom. The van der Waals surface area contributed by atoms with Crippen molar-refractivity contribution in [2.45, 2.75) is 45.3 Å². The second kappa shape index (κ2) is 8.67. The molecule has 0 bridgehead atoms. The van der Waals surface area contributed by atoms with Crippen LogP contribution in [-0.4, -0.2) is 25.8 Å². The first-order valence-electron chi connectivity index (χ1n) is 6.85. The molecule has 0 amide bonds. The third-order valence-corrected chi connectivity index (χ3v) is 3.72. The van der Waals surface area contributed by atoms with Gasteiger partial charge in [0.2, 0.25) is 0 Å². The van der Waals surface area contributed by atoms with Crippen molar-refractivity contribution in [3.8, 4) is 0 Å². The molecule has 0 radical (unpaired) electrons. The number of hydrogen-bond donors (Lipinski definition) is 1. The molecule has 1 rings (SSSR count). The second-order valence-corrected chi connectivity index (χ2v) is 5.53. The minimum atomic E-state index is -0.165. The van der Waals surface area contributed by atoms with Gasteiger partial charge in [-0.15, -0.1) is 0 Å². The quantitative estimate of drug-likeness (QED) is 0.779. The van der Waals surface area contributed by atoms with E-state index in [0.29, 0.717) is 13.0 Å². The van der Waals surface area contributed by atoms with Gasteiger partial charge in [-0.1, -0.05) is 35.3 Å². The zero-order chi connectivity index (χ0) is 14.3. The average molecular weight is 332 g/mol. The van der Waals surface area contributed by atoms with Gasteiger partial charge in [-0.3, -0.25) is 0 Å². The summed E-state index contributed by atoms with van der Waals surface area (Å²) in [5, 5.41) is 3.26. The number of nitrogens with one attached hydrogen (secondary N) is 1. The largest absolute Gasteiger partial charge is 0.377 e. The van der Waals surface area contributed by atoms with Crippen LogP contribution in [0.2, 0.25) is 0 Å². The normalized spacial score (nSPS) is 14.4. The van der Waals surface area contributed by atoms with Gasteiger partial charge in [0.15, 0.2) is 0 Å². The molecule has 19 heavy (non-hydrogen) atoms. The zero-order valence-corrected chi connectivity index (χ0v) is 13.5. The van der Waals surface area contributed by atoms with Gasteiger partial charge in [0.1, 0.15) is 5.82 Å². The van der Waals surface area contributed by atoms with E-state index >= 15 is 0 Å². The summed E-state index contributed by atoms with van der Waals surface area (Å²) in [7, 11) is 1.91. The van der Waals surface area contributed by atoms with Gasteiger partial charge < -0.3 is 10.1 Å². The number of halogens is 2. The fraction of sp³-hybridized carbons (Fsp3) is 0.600. The van der Waals surface area contributed by atoms with E-state index in [9.17, 15) is 4.39 Å². The molecule has 0 aliphatic heterocycles. The highest BCUT2D eigenvalue weighted by atomic mass is 79.9. The molecular formula is C15H23BrFNO. The van der Waals surface area contributed by atoms with Crippen LogP contribution in [-0.2, 0) is 11.2 Å². The summed E-state index contributed by atoms with van der Waals surface area (Å²) in [6.45, 7) is 4.82. The van der Waals surface area contributed by atoms with Crippen molar-refractivity contribution in [1.29, 1.82) is 0 Å². The summed E-state index contributed by atoms with van der Waals surface area (Å²) in [6, 6.07) is 5.35. The first kappa shape index (κ1) is 16.6. The lowest BCUT2D eigenvalue weighted by atomic mass is 9.98. The van der Waals surface area contributed by atoms with Gasteiger partial charge in [0.05, 0.1) is 6.10 Å². The molecule has 2 unspecified atom stereocenters. The third-order valence-electron chi connectivity index (χ3n) is 3.23. The number of benzene rings is 1. The van der Waals surface area contributed by atoms with Crippen LogP contribution in [0.25, 0.3) is 0 Å². The second-order valence-electron chi connectivity index (χ2n) is 4.62. The Hall–Kier alpha value is -0.450. The van der Waals surface area contributed by atoms with Crippen LogP contribution in [0.15, 0.2) is 22.7 Å². The fourth-order valence-corrected chi connectivity index (χ4v) is 2.58. The van der Waals surface area contributed by atoms with Crippen molar-refractivity contribution in [3.63, 3.8) is 0 Å². The van der Waals surface area contributed by atoms with Crippen LogP contribution >= 0.6 is 15.9 Å². The van der Waals surface area contributed by atoms with Crippen LogP contribution in [0.4, 0.5) is 4.39 Å². The summed E-state index contributed by atoms with van der Waals surface area (Å²) < 4.78 is 20.4. The van der Waals surface area contributed by atoms with Crippen LogP contribution in [0.3, 0.4) is 0 Å².